The molecule has 0 atom stereocenters. The molecule has 0 amide bonds. The van der Waals surface area contributed by atoms with Gasteiger partial charge in [-0.05, 0) is 16.3 Å². The van der Waals surface area contributed by atoms with Gasteiger partial charge in [0.1, 0.15) is 0 Å². The van der Waals surface area contributed by atoms with Crippen LogP contribution in [-0.2, 0) is 17.8 Å². The number of carboxylic acids is 1. The Labute approximate surface area is 93.6 Å². The number of hydrogen-bond donors (Lipinski definition) is 1. The third-order valence-electron chi connectivity index (χ3n) is 3.09. The smallest absolute Gasteiger partial charge is 0.305 e. The molecule has 0 saturated heterocycles. The molecular formula is C10H16N4O2. The number of nitrogens with zero attached hydrogens (tertiary/aromatic N) is 4. The maximum Gasteiger partial charge on any atom is 0.305 e. The van der Waals surface area contributed by atoms with E-state index in [4.69, 9.17) is 5.11 Å². The minimum absolute atomic E-state index is 0.0721. The molecule has 1 aromatic heterocycles. The van der Waals surface area contributed by atoms with Crippen molar-refractivity contribution in [3.05, 3.63) is 5.82 Å². The molecule has 1 aliphatic rings. The molecule has 1 aromatic rings. The minimum Gasteiger partial charge on any atom is -0.481 e. The van der Waals surface area contributed by atoms with Gasteiger partial charge in [0.15, 0.2) is 5.82 Å². The summed E-state index contributed by atoms with van der Waals surface area (Å²) in [4.78, 5) is 10.5. The molecule has 1 saturated carbocycles. The van der Waals surface area contributed by atoms with Gasteiger partial charge in [0.2, 0.25) is 0 Å². The van der Waals surface area contributed by atoms with E-state index >= 15 is 0 Å². The summed E-state index contributed by atoms with van der Waals surface area (Å²) < 4.78 is 1.62. The van der Waals surface area contributed by atoms with Crippen LogP contribution in [0.2, 0.25) is 0 Å². The van der Waals surface area contributed by atoms with Gasteiger partial charge in [0.25, 0.3) is 0 Å². The van der Waals surface area contributed by atoms with E-state index in [2.05, 4.69) is 15.5 Å². The van der Waals surface area contributed by atoms with Crippen molar-refractivity contribution >= 4 is 5.97 Å². The number of tetrazole rings is 1. The SMILES string of the molecule is O=C(O)CCn1nnnc1CC1CCCC1. The van der Waals surface area contributed by atoms with E-state index in [0.29, 0.717) is 12.5 Å². The van der Waals surface area contributed by atoms with Crippen molar-refractivity contribution in [2.45, 2.75) is 45.1 Å². The molecule has 6 heteroatoms. The molecule has 2 rings (SSSR count). The van der Waals surface area contributed by atoms with Crippen molar-refractivity contribution < 1.29 is 9.90 Å². The van der Waals surface area contributed by atoms with Crippen molar-refractivity contribution in [2.75, 3.05) is 0 Å². The van der Waals surface area contributed by atoms with Crippen LogP contribution >= 0.6 is 0 Å². The van der Waals surface area contributed by atoms with E-state index in [0.717, 1.165) is 12.2 Å². The summed E-state index contributed by atoms with van der Waals surface area (Å²) in [5.74, 6) is 0.685. The molecule has 6 nitrogen and oxygen atoms in total. The lowest BCUT2D eigenvalue weighted by atomic mass is 10.0. The van der Waals surface area contributed by atoms with Crippen LogP contribution in [0, 0.1) is 5.92 Å². The Kier molecular flexibility index (Phi) is 3.48. The third kappa shape index (κ3) is 2.77. The van der Waals surface area contributed by atoms with E-state index in [-0.39, 0.29) is 6.42 Å². The summed E-state index contributed by atoms with van der Waals surface area (Å²) in [6, 6.07) is 0. The second-order valence-corrected chi connectivity index (χ2v) is 4.32. The average Bonchev–Trinajstić information content (AvgIpc) is 2.87. The zero-order chi connectivity index (χ0) is 11.4. The number of rotatable bonds is 5. The fourth-order valence-corrected chi connectivity index (χ4v) is 2.22. The second kappa shape index (κ2) is 5.05. The minimum atomic E-state index is -0.817. The maximum absolute atomic E-state index is 10.5. The highest BCUT2D eigenvalue weighted by molar-refractivity contribution is 5.66. The number of carbonyl (C=O) groups is 1. The number of carboxylic acid groups (broad SMARTS) is 1. The highest BCUT2D eigenvalue weighted by Crippen LogP contribution is 2.27. The fourth-order valence-electron chi connectivity index (χ4n) is 2.22. The van der Waals surface area contributed by atoms with Crippen LogP contribution in [0.15, 0.2) is 0 Å². The fraction of sp³-hybridized carbons (Fsp3) is 0.800. The molecule has 1 heterocycles. The van der Waals surface area contributed by atoms with Crippen LogP contribution in [0.1, 0.15) is 37.9 Å². The van der Waals surface area contributed by atoms with E-state index in [1.165, 1.54) is 25.7 Å². The number of aliphatic carboxylic acids is 1. The zero-order valence-corrected chi connectivity index (χ0v) is 9.17. The lowest BCUT2D eigenvalue weighted by molar-refractivity contribution is -0.137. The largest absolute Gasteiger partial charge is 0.481 e. The Morgan fingerprint density at radius 1 is 1.44 bits per heavy atom. The predicted octanol–water partition coefficient (Wildman–Crippen LogP) is 0.880. The molecule has 88 valence electrons. The standard InChI is InChI=1S/C10H16N4O2/c15-10(16)5-6-14-9(11-12-13-14)7-8-3-1-2-4-8/h8H,1-7H2,(H,15,16). The van der Waals surface area contributed by atoms with E-state index in [9.17, 15) is 4.79 Å². The first kappa shape index (κ1) is 11.0. The first-order valence-electron chi connectivity index (χ1n) is 5.72. The first-order valence-corrected chi connectivity index (χ1v) is 5.72. The Morgan fingerprint density at radius 3 is 2.88 bits per heavy atom. The third-order valence-corrected chi connectivity index (χ3v) is 3.09. The lowest BCUT2D eigenvalue weighted by Gasteiger charge is -2.07. The molecule has 1 aliphatic carbocycles. The molecule has 1 N–H and O–H groups in total. The Hall–Kier alpha value is -1.46. The van der Waals surface area contributed by atoms with Gasteiger partial charge in [-0.25, -0.2) is 4.68 Å². The summed E-state index contributed by atoms with van der Waals surface area (Å²) in [7, 11) is 0. The molecule has 0 unspecified atom stereocenters. The molecule has 0 aliphatic heterocycles. The lowest BCUT2D eigenvalue weighted by Crippen LogP contribution is -2.12. The van der Waals surface area contributed by atoms with Gasteiger partial charge in [-0.2, -0.15) is 0 Å². The maximum atomic E-state index is 10.5. The van der Waals surface area contributed by atoms with Crippen LogP contribution in [0.4, 0.5) is 0 Å². The predicted molar refractivity (Wildman–Crippen MR) is 55.7 cm³/mol. The Balaban J connectivity index is 1.92. The molecule has 0 bridgehead atoms. The molecule has 1 fully saturated rings. The average molecular weight is 224 g/mol. The van der Waals surface area contributed by atoms with Crippen molar-refractivity contribution in [1.82, 2.24) is 20.2 Å². The van der Waals surface area contributed by atoms with E-state index in [1.54, 1.807) is 4.68 Å². The van der Waals surface area contributed by atoms with Crippen molar-refractivity contribution in [2.24, 2.45) is 5.92 Å². The highest BCUT2D eigenvalue weighted by Gasteiger charge is 2.18. The van der Waals surface area contributed by atoms with Gasteiger partial charge in [0.05, 0.1) is 13.0 Å². The second-order valence-electron chi connectivity index (χ2n) is 4.32. The monoisotopic (exact) mass is 224 g/mol. The summed E-state index contributed by atoms with van der Waals surface area (Å²) in [6.45, 7) is 0.365. The van der Waals surface area contributed by atoms with Crippen molar-refractivity contribution in [3.8, 4) is 0 Å². The summed E-state index contributed by atoms with van der Waals surface area (Å²) in [6.07, 6.45) is 6.02. The van der Waals surface area contributed by atoms with Gasteiger partial charge in [0, 0.05) is 6.42 Å². The molecule has 0 radical (unpaired) electrons. The van der Waals surface area contributed by atoms with E-state index in [1.807, 2.05) is 0 Å². The first-order chi connectivity index (χ1) is 7.75. The zero-order valence-electron chi connectivity index (χ0n) is 9.17. The van der Waals surface area contributed by atoms with Crippen LogP contribution in [0.25, 0.3) is 0 Å². The summed E-state index contributed by atoms with van der Waals surface area (Å²) in [5.41, 5.74) is 0. The van der Waals surface area contributed by atoms with Gasteiger partial charge in [-0.3, -0.25) is 4.79 Å². The van der Waals surface area contributed by atoms with Crippen LogP contribution < -0.4 is 0 Å². The molecule has 0 spiro atoms. The summed E-state index contributed by atoms with van der Waals surface area (Å²) in [5, 5.41) is 20.0. The van der Waals surface area contributed by atoms with Gasteiger partial charge < -0.3 is 5.11 Å². The van der Waals surface area contributed by atoms with E-state index < -0.39 is 5.97 Å². The highest BCUT2D eigenvalue weighted by atomic mass is 16.4. The molecule has 0 aromatic carbocycles. The molecule has 16 heavy (non-hydrogen) atoms. The summed E-state index contributed by atoms with van der Waals surface area (Å²) >= 11 is 0. The normalized spacial score (nSPS) is 16.8. The Morgan fingerprint density at radius 2 is 2.19 bits per heavy atom. The van der Waals surface area contributed by atoms with Gasteiger partial charge >= 0.3 is 5.97 Å². The number of hydrogen-bond acceptors (Lipinski definition) is 4. The van der Waals surface area contributed by atoms with Crippen molar-refractivity contribution in [1.29, 1.82) is 0 Å². The van der Waals surface area contributed by atoms with Crippen LogP contribution in [0.3, 0.4) is 0 Å². The van der Waals surface area contributed by atoms with Gasteiger partial charge in [-0.15, -0.1) is 5.10 Å². The number of aromatic nitrogens is 4. The van der Waals surface area contributed by atoms with Crippen LogP contribution in [0.5, 0.6) is 0 Å². The topological polar surface area (TPSA) is 80.9 Å². The van der Waals surface area contributed by atoms with Crippen LogP contribution in [-0.4, -0.2) is 31.3 Å². The molecular weight excluding hydrogens is 208 g/mol. The number of aryl methyl sites for hydroxylation is 1. The Bertz CT molecular complexity index is 357. The van der Waals surface area contributed by atoms with Gasteiger partial charge in [-0.1, -0.05) is 25.7 Å². The van der Waals surface area contributed by atoms with Crippen molar-refractivity contribution in [3.63, 3.8) is 0 Å². The quantitative estimate of drug-likeness (QED) is 0.803.